The van der Waals surface area contributed by atoms with Gasteiger partial charge in [0.05, 0.1) is 17.7 Å². The first-order valence-corrected chi connectivity index (χ1v) is 10.2. The van der Waals surface area contributed by atoms with Crippen LogP contribution in [0.25, 0.3) is 16.9 Å². The van der Waals surface area contributed by atoms with Crippen LogP contribution >= 0.6 is 0 Å². The maximum absolute atomic E-state index is 12.8. The molecule has 1 unspecified atom stereocenters. The van der Waals surface area contributed by atoms with Gasteiger partial charge in [-0.15, -0.1) is 10.2 Å². The van der Waals surface area contributed by atoms with Gasteiger partial charge in [0.1, 0.15) is 5.75 Å². The number of benzene rings is 1. The van der Waals surface area contributed by atoms with Gasteiger partial charge in [-0.2, -0.15) is 13.2 Å². The second-order valence-electron chi connectivity index (χ2n) is 8.15. The van der Waals surface area contributed by atoms with E-state index < -0.39 is 11.9 Å². The number of halogens is 3. The number of fused-ring (bicyclic) bond motifs is 2. The van der Waals surface area contributed by atoms with Gasteiger partial charge < -0.3 is 19.9 Å². The van der Waals surface area contributed by atoms with Crippen LogP contribution in [-0.4, -0.2) is 44.0 Å². The summed E-state index contributed by atoms with van der Waals surface area (Å²) in [5.74, 6) is 0.636. The van der Waals surface area contributed by atoms with Crippen LogP contribution in [0.1, 0.15) is 25.0 Å². The third kappa shape index (κ3) is 3.76. The van der Waals surface area contributed by atoms with Crippen molar-refractivity contribution in [3.63, 3.8) is 0 Å². The predicted octanol–water partition coefficient (Wildman–Crippen LogP) is 3.90. The molecule has 10 heteroatoms. The van der Waals surface area contributed by atoms with Crippen molar-refractivity contribution >= 4 is 5.82 Å². The molecule has 1 fully saturated rings. The number of rotatable bonds is 4. The minimum absolute atomic E-state index is 0.109. The normalized spacial score (nSPS) is 20.1. The van der Waals surface area contributed by atoms with Crippen LogP contribution in [0, 0.1) is 0 Å². The molecule has 2 bridgehead atoms. The van der Waals surface area contributed by atoms with Gasteiger partial charge in [-0.25, -0.2) is 4.98 Å². The maximum atomic E-state index is 12.8. The molecule has 2 aliphatic heterocycles. The number of hydrogen-bond acceptors (Lipinski definition) is 6. The van der Waals surface area contributed by atoms with Crippen molar-refractivity contribution in [3.8, 4) is 22.7 Å². The molecule has 0 amide bonds. The predicted molar refractivity (Wildman–Crippen MR) is 112 cm³/mol. The van der Waals surface area contributed by atoms with Crippen molar-refractivity contribution < 1.29 is 18.3 Å². The Bertz CT molecular complexity index is 1170. The van der Waals surface area contributed by atoms with E-state index in [0.29, 0.717) is 29.0 Å². The number of aromatic nitrogens is 4. The molecule has 0 radical (unpaired) electrons. The summed E-state index contributed by atoms with van der Waals surface area (Å²) in [5, 5.41) is 22.6. The monoisotopic (exact) mass is 442 g/mol. The highest BCUT2D eigenvalue weighted by Gasteiger charge is 2.33. The van der Waals surface area contributed by atoms with Gasteiger partial charge in [0.2, 0.25) is 0 Å². The lowest BCUT2D eigenvalue weighted by atomic mass is 9.99. The molecule has 2 aliphatic rings. The molecule has 4 heterocycles. The fraction of sp³-hybridized carbons (Fsp3) is 0.318. The average molecular weight is 442 g/mol. The summed E-state index contributed by atoms with van der Waals surface area (Å²) in [6.07, 6.45) is 2.72. The van der Waals surface area contributed by atoms with E-state index in [9.17, 15) is 18.3 Å². The minimum atomic E-state index is -4.53. The number of nitrogens with zero attached hydrogens (tertiary/aromatic N) is 5. The highest BCUT2D eigenvalue weighted by atomic mass is 19.4. The summed E-state index contributed by atoms with van der Waals surface area (Å²) in [5.41, 5.74) is 1.56. The van der Waals surface area contributed by atoms with Gasteiger partial charge in [-0.3, -0.25) is 0 Å². The largest absolute Gasteiger partial charge is 0.507 e. The van der Waals surface area contributed by atoms with Crippen molar-refractivity contribution in [1.29, 1.82) is 0 Å². The lowest BCUT2D eigenvalue weighted by molar-refractivity contribution is -0.140. The van der Waals surface area contributed by atoms with Crippen molar-refractivity contribution in [1.82, 2.24) is 25.1 Å². The Kier molecular flexibility index (Phi) is 4.79. The zero-order chi connectivity index (χ0) is 22.5. The Balaban J connectivity index is 1.34. The number of hydrogen-bond donors (Lipinski definition) is 2. The lowest BCUT2D eigenvalue weighted by Gasteiger charge is -2.35. The van der Waals surface area contributed by atoms with E-state index in [-0.39, 0.29) is 5.75 Å². The Hall–Kier alpha value is -3.56. The van der Waals surface area contributed by atoms with Crippen LogP contribution < -0.4 is 10.2 Å². The van der Waals surface area contributed by atoms with E-state index in [0.717, 1.165) is 37.6 Å². The van der Waals surface area contributed by atoms with E-state index in [4.69, 9.17) is 0 Å². The first-order chi connectivity index (χ1) is 15.3. The molecule has 2 atom stereocenters. The average Bonchev–Trinajstić information content (AvgIpc) is 3.40. The van der Waals surface area contributed by atoms with Crippen molar-refractivity contribution in [2.75, 3.05) is 11.9 Å². The number of nitrogens with one attached hydrogen (secondary N) is 1. The lowest BCUT2D eigenvalue weighted by Crippen LogP contribution is -2.43. The molecule has 0 aliphatic carbocycles. The van der Waals surface area contributed by atoms with E-state index in [1.54, 1.807) is 18.2 Å². The Morgan fingerprint density at radius 2 is 2.03 bits per heavy atom. The van der Waals surface area contributed by atoms with Gasteiger partial charge in [-0.1, -0.05) is 6.08 Å². The second kappa shape index (κ2) is 7.54. The van der Waals surface area contributed by atoms with Crippen molar-refractivity contribution in [3.05, 3.63) is 60.3 Å². The van der Waals surface area contributed by atoms with E-state index >= 15 is 0 Å². The summed E-state index contributed by atoms with van der Waals surface area (Å²) >= 11 is 0. The van der Waals surface area contributed by atoms with Crippen LogP contribution in [0.3, 0.4) is 0 Å². The standard InChI is InChI=1S/C22H21F3N6O/c1-30(16-8-13-2-3-14(9-16)27-13)21-7-6-18(28-29-21)17-5-4-15(10-19(17)32)31-11-20(26-12-31)22(23,24)25/h2,4-7,10-12,14,16,27,32H,3,8-9H2,1H3/t14?,16-/m1/s1. The number of phenols is 1. The Morgan fingerprint density at radius 3 is 2.69 bits per heavy atom. The number of imidazole rings is 1. The molecule has 0 saturated carbocycles. The fourth-order valence-corrected chi connectivity index (χ4v) is 4.27. The molecular weight excluding hydrogens is 421 g/mol. The molecule has 7 nitrogen and oxygen atoms in total. The summed E-state index contributed by atoms with van der Waals surface area (Å²) < 4.78 is 39.6. The quantitative estimate of drug-likeness (QED) is 0.638. The SMILES string of the molecule is CN(c1ccc(-c2ccc(-n3cnc(C(F)(F)F)c3)cc2O)nn1)[C@@H]1CC2=CCC(C1)N2. The van der Waals surface area contributed by atoms with Gasteiger partial charge in [0, 0.05) is 49.1 Å². The molecule has 5 rings (SSSR count). The van der Waals surface area contributed by atoms with Crippen LogP contribution in [0.4, 0.5) is 19.0 Å². The highest BCUT2D eigenvalue weighted by molar-refractivity contribution is 5.69. The molecular formula is C22H21F3N6O. The van der Waals surface area contributed by atoms with Gasteiger partial charge in [0.15, 0.2) is 11.5 Å². The summed E-state index contributed by atoms with van der Waals surface area (Å²) in [4.78, 5) is 5.50. The van der Waals surface area contributed by atoms with Gasteiger partial charge in [0.25, 0.3) is 0 Å². The van der Waals surface area contributed by atoms with Crippen LogP contribution in [0.15, 0.2) is 54.6 Å². The third-order valence-corrected chi connectivity index (χ3v) is 6.04. The number of anilines is 1. The molecule has 1 aromatic carbocycles. The molecule has 32 heavy (non-hydrogen) atoms. The summed E-state index contributed by atoms with van der Waals surface area (Å²) in [6, 6.07) is 9.04. The summed E-state index contributed by atoms with van der Waals surface area (Å²) in [6.45, 7) is 0. The Morgan fingerprint density at radius 1 is 1.19 bits per heavy atom. The molecule has 3 aromatic rings. The first kappa shape index (κ1) is 20.3. The van der Waals surface area contributed by atoms with E-state index in [2.05, 4.69) is 31.5 Å². The smallest absolute Gasteiger partial charge is 0.434 e. The molecule has 166 valence electrons. The zero-order valence-corrected chi connectivity index (χ0v) is 17.2. The highest BCUT2D eigenvalue weighted by Crippen LogP contribution is 2.33. The fourth-order valence-electron chi connectivity index (χ4n) is 4.27. The summed E-state index contributed by atoms with van der Waals surface area (Å²) in [7, 11) is 2.01. The minimum Gasteiger partial charge on any atom is -0.507 e. The third-order valence-electron chi connectivity index (χ3n) is 6.04. The van der Waals surface area contributed by atoms with E-state index in [1.807, 2.05) is 13.1 Å². The molecule has 2 N–H and O–H groups in total. The van der Waals surface area contributed by atoms with Crippen molar-refractivity contribution in [2.45, 2.75) is 37.5 Å². The molecule has 0 spiro atoms. The second-order valence-corrected chi connectivity index (χ2v) is 8.15. The van der Waals surface area contributed by atoms with Crippen LogP contribution in [0.5, 0.6) is 5.75 Å². The molecule has 2 aromatic heterocycles. The van der Waals surface area contributed by atoms with Gasteiger partial charge in [-0.05, 0) is 37.1 Å². The maximum Gasteiger partial charge on any atom is 0.434 e. The van der Waals surface area contributed by atoms with Crippen LogP contribution in [-0.2, 0) is 6.18 Å². The number of piperidine rings is 1. The van der Waals surface area contributed by atoms with E-state index in [1.165, 1.54) is 16.3 Å². The topological polar surface area (TPSA) is 79.1 Å². The van der Waals surface area contributed by atoms with Crippen LogP contribution in [0.2, 0.25) is 0 Å². The number of alkyl halides is 3. The molecule has 1 saturated heterocycles. The van der Waals surface area contributed by atoms with Crippen molar-refractivity contribution in [2.24, 2.45) is 0 Å². The number of aromatic hydroxyl groups is 1. The number of phenolic OH excluding ortho intramolecular Hbond substituents is 1. The first-order valence-electron chi connectivity index (χ1n) is 10.2. The zero-order valence-electron chi connectivity index (χ0n) is 17.2. The van der Waals surface area contributed by atoms with Gasteiger partial charge >= 0.3 is 6.18 Å². The Labute approximate surface area is 182 Å².